The van der Waals surface area contributed by atoms with Crippen LogP contribution in [-0.4, -0.2) is 23.2 Å². The molecule has 0 heterocycles. The maximum atomic E-state index is 12.9. The predicted molar refractivity (Wildman–Crippen MR) is 114 cm³/mol. The van der Waals surface area contributed by atoms with E-state index in [-0.39, 0.29) is 32.5 Å². The first-order chi connectivity index (χ1) is 13.5. The zero-order valence-corrected chi connectivity index (χ0v) is 18.1. The molecule has 0 saturated carbocycles. The standard InChI is InChI=1S/C19H12Cl4O5S/c20-12-5-1-10(2-6-12)19(29(26,27)28,11-3-7-13(24)8-4-11)14-9-15(21)17(23)18(25)16(14)22/h1-9,24-25H,(H,26,27,28). The first-order valence-corrected chi connectivity index (χ1v) is 10.8. The molecule has 5 nitrogen and oxygen atoms in total. The Kier molecular flexibility index (Phi) is 5.98. The number of phenols is 2. The van der Waals surface area contributed by atoms with Gasteiger partial charge < -0.3 is 10.2 Å². The van der Waals surface area contributed by atoms with E-state index in [9.17, 15) is 23.2 Å². The Morgan fingerprint density at radius 1 is 0.759 bits per heavy atom. The lowest BCUT2D eigenvalue weighted by molar-refractivity contribution is 0.455. The van der Waals surface area contributed by atoms with Crippen molar-refractivity contribution in [1.82, 2.24) is 0 Å². The zero-order valence-electron chi connectivity index (χ0n) is 14.3. The Morgan fingerprint density at radius 2 is 1.24 bits per heavy atom. The van der Waals surface area contributed by atoms with E-state index < -0.39 is 25.6 Å². The summed E-state index contributed by atoms with van der Waals surface area (Å²) in [7, 11) is -5.00. The normalized spacial score (nSPS) is 13.8. The van der Waals surface area contributed by atoms with Crippen LogP contribution in [0.1, 0.15) is 16.7 Å². The number of rotatable bonds is 4. The van der Waals surface area contributed by atoms with Gasteiger partial charge in [-0.3, -0.25) is 4.55 Å². The molecule has 10 heteroatoms. The topological polar surface area (TPSA) is 94.8 Å². The van der Waals surface area contributed by atoms with Crippen LogP contribution in [0.25, 0.3) is 0 Å². The summed E-state index contributed by atoms with van der Waals surface area (Å²) in [6.45, 7) is 0. The fourth-order valence-corrected chi connectivity index (χ4v) is 5.32. The molecule has 0 amide bonds. The Morgan fingerprint density at radius 3 is 1.72 bits per heavy atom. The van der Waals surface area contributed by atoms with Gasteiger partial charge in [0.05, 0.1) is 10.0 Å². The summed E-state index contributed by atoms with van der Waals surface area (Å²) in [6, 6.07) is 11.9. The maximum absolute atomic E-state index is 12.9. The van der Waals surface area contributed by atoms with E-state index in [1.807, 2.05) is 0 Å². The van der Waals surface area contributed by atoms with Crippen molar-refractivity contribution in [1.29, 1.82) is 0 Å². The molecule has 1 unspecified atom stereocenters. The average molecular weight is 494 g/mol. The molecule has 0 bridgehead atoms. The largest absolute Gasteiger partial charge is 0.508 e. The van der Waals surface area contributed by atoms with Crippen molar-refractivity contribution in [3.8, 4) is 11.5 Å². The van der Waals surface area contributed by atoms with E-state index in [2.05, 4.69) is 0 Å². The fraction of sp³-hybridized carbons (Fsp3) is 0.0526. The molecule has 0 radical (unpaired) electrons. The van der Waals surface area contributed by atoms with Crippen LogP contribution in [0, 0.1) is 0 Å². The summed E-state index contributed by atoms with van der Waals surface area (Å²) >= 11 is 24.2. The van der Waals surface area contributed by atoms with Crippen LogP contribution in [0.4, 0.5) is 0 Å². The van der Waals surface area contributed by atoms with E-state index in [1.54, 1.807) is 0 Å². The van der Waals surface area contributed by atoms with Crippen molar-refractivity contribution in [2.75, 3.05) is 0 Å². The van der Waals surface area contributed by atoms with Crippen LogP contribution in [0.2, 0.25) is 20.1 Å². The molecule has 3 aromatic carbocycles. The van der Waals surface area contributed by atoms with Crippen molar-refractivity contribution < 1.29 is 23.2 Å². The Labute approximate surface area is 186 Å². The smallest absolute Gasteiger partial charge is 0.283 e. The fourth-order valence-electron chi connectivity index (χ4n) is 3.14. The van der Waals surface area contributed by atoms with Crippen molar-refractivity contribution in [2.24, 2.45) is 0 Å². The monoisotopic (exact) mass is 492 g/mol. The van der Waals surface area contributed by atoms with Crippen molar-refractivity contribution in [3.63, 3.8) is 0 Å². The second-order valence-electron chi connectivity index (χ2n) is 6.09. The summed E-state index contributed by atoms with van der Waals surface area (Å²) in [4.78, 5) is 0. The minimum absolute atomic E-state index is 0.0276. The summed E-state index contributed by atoms with van der Waals surface area (Å²) in [5, 5.41) is 19.4. The Bertz CT molecular complexity index is 1130. The highest BCUT2D eigenvalue weighted by atomic mass is 35.5. The van der Waals surface area contributed by atoms with Gasteiger partial charge in [0.15, 0.2) is 10.5 Å². The maximum Gasteiger partial charge on any atom is 0.283 e. The van der Waals surface area contributed by atoms with Gasteiger partial charge in [-0.25, -0.2) is 0 Å². The van der Waals surface area contributed by atoms with E-state index in [4.69, 9.17) is 46.4 Å². The van der Waals surface area contributed by atoms with Crippen LogP contribution in [0.15, 0.2) is 54.6 Å². The molecule has 3 N–H and O–H groups in total. The number of benzene rings is 3. The lowest BCUT2D eigenvalue weighted by atomic mass is 9.83. The first kappa shape index (κ1) is 22.0. The van der Waals surface area contributed by atoms with Crippen molar-refractivity contribution in [2.45, 2.75) is 4.75 Å². The number of halogens is 4. The summed E-state index contributed by atoms with van der Waals surface area (Å²) in [6.07, 6.45) is 0. The molecule has 0 aliphatic rings. The molecule has 0 saturated heterocycles. The second-order valence-corrected chi connectivity index (χ2v) is 9.25. The van der Waals surface area contributed by atoms with Gasteiger partial charge in [-0.2, -0.15) is 8.42 Å². The molecular formula is C19H12Cl4O5S. The molecule has 152 valence electrons. The van der Waals surface area contributed by atoms with Gasteiger partial charge in [0, 0.05) is 10.6 Å². The van der Waals surface area contributed by atoms with Crippen LogP contribution >= 0.6 is 46.4 Å². The molecule has 3 rings (SSSR count). The third-order valence-corrected chi connectivity index (χ3v) is 7.30. The first-order valence-electron chi connectivity index (χ1n) is 7.89. The van der Waals surface area contributed by atoms with Gasteiger partial charge in [-0.05, 0) is 41.5 Å². The van der Waals surface area contributed by atoms with E-state index in [0.717, 1.165) is 6.07 Å². The van der Waals surface area contributed by atoms with Gasteiger partial charge in [0.2, 0.25) is 0 Å². The van der Waals surface area contributed by atoms with Gasteiger partial charge in [-0.1, -0.05) is 70.7 Å². The van der Waals surface area contributed by atoms with Crippen LogP contribution in [-0.2, 0) is 14.9 Å². The van der Waals surface area contributed by atoms with Gasteiger partial charge >= 0.3 is 0 Å². The highest BCUT2D eigenvalue weighted by Gasteiger charge is 2.50. The van der Waals surface area contributed by atoms with E-state index in [1.165, 1.54) is 48.5 Å². The summed E-state index contributed by atoms with van der Waals surface area (Å²) in [5.41, 5.74) is -0.142. The lowest BCUT2D eigenvalue weighted by Gasteiger charge is -2.33. The summed E-state index contributed by atoms with van der Waals surface area (Å²) < 4.78 is 34.0. The predicted octanol–water partition coefficient (Wildman–Crippen LogP) is 5.89. The molecule has 1 atom stereocenters. The number of phenolic OH excluding ortho intramolecular Hbond substituents is 2. The Balaban J connectivity index is 2.57. The van der Waals surface area contributed by atoms with Crippen LogP contribution in [0.3, 0.4) is 0 Å². The molecule has 0 aliphatic heterocycles. The van der Waals surface area contributed by atoms with Crippen molar-refractivity contribution in [3.05, 3.63) is 91.4 Å². The second kappa shape index (κ2) is 7.87. The molecule has 29 heavy (non-hydrogen) atoms. The Hall–Kier alpha value is -1.67. The van der Waals surface area contributed by atoms with Gasteiger partial charge in [0.25, 0.3) is 10.1 Å². The third-order valence-electron chi connectivity index (χ3n) is 4.42. The minimum atomic E-state index is -5.00. The van der Waals surface area contributed by atoms with Gasteiger partial charge in [0.1, 0.15) is 10.8 Å². The minimum Gasteiger partial charge on any atom is -0.508 e. The summed E-state index contributed by atoms with van der Waals surface area (Å²) in [5.74, 6) is -0.770. The molecule has 0 spiro atoms. The van der Waals surface area contributed by atoms with Crippen LogP contribution < -0.4 is 0 Å². The van der Waals surface area contributed by atoms with E-state index >= 15 is 0 Å². The zero-order chi connectivity index (χ0) is 21.6. The van der Waals surface area contributed by atoms with Gasteiger partial charge in [-0.15, -0.1) is 0 Å². The molecule has 0 aromatic heterocycles. The number of aromatic hydroxyl groups is 2. The highest BCUT2D eigenvalue weighted by Crippen LogP contribution is 2.51. The lowest BCUT2D eigenvalue weighted by Crippen LogP contribution is -2.38. The molecule has 0 fully saturated rings. The SMILES string of the molecule is O=S(=O)(O)C(c1ccc(O)cc1)(c1ccc(Cl)cc1)c1cc(Cl)c(Cl)c(O)c1Cl. The van der Waals surface area contributed by atoms with Crippen molar-refractivity contribution >= 4 is 56.5 Å². The van der Waals surface area contributed by atoms with E-state index in [0.29, 0.717) is 5.02 Å². The average Bonchev–Trinajstić information content (AvgIpc) is 2.66. The number of hydrogen-bond donors (Lipinski definition) is 3. The van der Waals surface area contributed by atoms with Crippen LogP contribution in [0.5, 0.6) is 11.5 Å². The molecule has 3 aromatic rings. The molecular weight excluding hydrogens is 482 g/mol. The quantitative estimate of drug-likeness (QED) is 0.239. The highest BCUT2D eigenvalue weighted by molar-refractivity contribution is 7.87. The number of hydrogen-bond acceptors (Lipinski definition) is 4. The molecule has 0 aliphatic carbocycles. The third kappa shape index (κ3) is 3.65.